The van der Waals surface area contributed by atoms with Gasteiger partial charge in [-0.1, -0.05) is 11.6 Å². The highest BCUT2D eigenvalue weighted by Crippen LogP contribution is 2.34. The monoisotopic (exact) mass is 356 g/mol. The van der Waals surface area contributed by atoms with Crippen LogP contribution in [0.3, 0.4) is 0 Å². The Kier molecular flexibility index (Phi) is 4.00. The van der Waals surface area contributed by atoms with Crippen molar-refractivity contribution in [3.8, 4) is 11.1 Å². The van der Waals surface area contributed by atoms with Crippen LogP contribution in [0.2, 0.25) is 5.02 Å². The first-order chi connectivity index (χ1) is 11.3. The molecule has 0 saturated carbocycles. The fourth-order valence-electron chi connectivity index (χ4n) is 2.49. The maximum Gasteiger partial charge on any atom is 0.406 e. The molecule has 0 fully saturated rings. The molecular weight excluding hydrogens is 345 g/mol. The first-order valence-corrected chi connectivity index (χ1v) is 7.26. The van der Waals surface area contributed by atoms with Crippen LogP contribution in [0.4, 0.5) is 13.2 Å². The van der Waals surface area contributed by atoms with Gasteiger partial charge >= 0.3 is 6.18 Å². The predicted molar refractivity (Wildman–Crippen MR) is 83.9 cm³/mol. The molecule has 0 aromatic carbocycles. The van der Waals surface area contributed by atoms with Gasteiger partial charge in [0.05, 0.1) is 5.02 Å². The maximum atomic E-state index is 12.4. The number of pyridine rings is 1. The number of H-pyrrole nitrogens is 2. The molecule has 0 aliphatic heterocycles. The number of carbonyl (C=O) groups is 1. The molecule has 0 bridgehead atoms. The lowest BCUT2D eigenvalue weighted by Gasteiger charge is -2.17. The van der Waals surface area contributed by atoms with Crippen molar-refractivity contribution < 1.29 is 18.0 Å². The average Bonchev–Trinajstić information content (AvgIpc) is 3.13. The Morgan fingerprint density at radius 1 is 1.38 bits per heavy atom. The smallest absolute Gasteiger partial charge is 0.357 e. The van der Waals surface area contributed by atoms with E-state index in [0.717, 1.165) is 12.4 Å². The van der Waals surface area contributed by atoms with Crippen molar-refractivity contribution in [2.24, 2.45) is 0 Å². The fraction of sp³-hybridized carbons (Fsp3) is 0.200. The van der Waals surface area contributed by atoms with Crippen LogP contribution in [0.15, 0.2) is 30.7 Å². The summed E-state index contributed by atoms with van der Waals surface area (Å²) in [5.41, 5.74) is 1.92. The number of alkyl halides is 3. The molecule has 3 rings (SSSR count). The number of fused-ring (bicyclic) bond motifs is 1. The largest absolute Gasteiger partial charge is 0.406 e. The van der Waals surface area contributed by atoms with E-state index in [1.165, 1.54) is 18.5 Å². The topological polar surface area (TPSA) is 64.8 Å². The summed E-state index contributed by atoms with van der Waals surface area (Å²) >= 11 is 6.20. The van der Waals surface area contributed by atoms with Crippen molar-refractivity contribution in [2.45, 2.75) is 6.18 Å². The van der Waals surface area contributed by atoms with Gasteiger partial charge < -0.3 is 14.9 Å². The second kappa shape index (κ2) is 5.86. The van der Waals surface area contributed by atoms with Crippen LogP contribution in [0.1, 0.15) is 10.5 Å². The summed E-state index contributed by atoms with van der Waals surface area (Å²) in [6, 6.07) is 3.26. The first kappa shape index (κ1) is 16.4. The minimum Gasteiger partial charge on any atom is -0.357 e. The molecule has 5 nitrogen and oxygen atoms in total. The Hall–Kier alpha value is -2.48. The van der Waals surface area contributed by atoms with Gasteiger partial charge in [0.2, 0.25) is 0 Å². The van der Waals surface area contributed by atoms with Crippen LogP contribution < -0.4 is 0 Å². The number of halogens is 4. The van der Waals surface area contributed by atoms with E-state index in [1.807, 2.05) is 0 Å². The number of aromatic nitrogens is 3. The Labute approximate surface area is 139 Å². The fourth-order valence-corrected chi connectivity index (χ4v) is 2.75. The summed E-state index contributed by atoms with van der Waals surface area (Å²) in [7, 11) is 1.10. The maximum absolute atomic E-state index is 12.4. The van der Waals surface area contributed by atoms with E-state index in [9.17, 15) is 18.0 Å². The molecule has 3 aromatic heterocycles. The van der Waals surface area contributed by atoms with Crippen LogP contribution in [-0.2, 0) is 0 Å². The summed E-state index contributed by atoms with van der Waals surface area (Å²) in [4.78, 5) is 22.5. The van der Waals surface area contributed by atoms with Crippen molar-refractivity contribution in [1.29, 1.82) is 0 Å². The van der Waals surface area contributed by atoms with Gasteiger partial charge in [-0.3, -0.25) is 4.79 Å². The molecule has 0 saturated heterocycles. The quantitative estimate of drug-likeness (QED) is 0.748. The van der Waals surface area contributed by atoms with E-state index in [0.29, 0.717) is 26.7 Å². The van der Waals surface area contributed by atoms with Gasteiger partial charge in [-0.15, -0.1) is 0 Å². The lowest BCUT2D eigenvalue weighted by Crippen LogP contribution is -2.35. The van der Waals surface area contributed by atoms with Crippen molar-refractivity contribution in [2.75, 3.05) is 13.6 Å². The molecule has 3 aromatic rings. The molecule has 9 heteroatoms. The van der Waals surface area contributed by atoms with Crippen LogP contribution in [0.5, 0.6) is 0 Å². The minimum absolute atomic E-state index is 0.0494. The molecule has 0 unspecified atom stereocenters. The molecule has 0 aliphatic rings. The summed E-state index contributed by atoms with van der Waals surface area (Å²) in [6.07, 6.45) is 0.251. The van der Waals surface area contributed by atoms with E-state index in [2.05, 4.69) is 15.0 Å². The Morgan fingerprint density at radius 2 is 2.12 bits per heavy atom. The average molecular weight is 357 g/mol. The number of rotatable bonds is 3. The number of aromatic amines is 2. The van der Waals surface area contributed by atoms with E-state index < -0.39 is 18.6 Å². The molecule has 0 atom stereocenters. The van der Waals surface area contributed by atoms with Crippen LogP contribution in [0, 0.1) is 0 Å². The lowest BCUT2D eigenvalue weighted by molar-refractivity contribution is -0.138. The standard InChI is InChI=1S/C15H12ClF3N4O/c1-23(7-15(17,18)19)14(24)11-4-8(5-21-11)12-9-2-3-20-13(9)22-6-10(12)16/h2-6,21H,7H2,1H3,(H,20,22). The molecule has 1 amide bonds. The normalized spacial score (nSPS) is 11.9. The van der Waals surface area contributed by atoms with Gasteiger partial charge in [-0.2, -0.15) is 13.2 Å². The molecule has 0 spiro atoms. The lowest BCUT2D eigenvalue weighted by atomic mass is 10.1. The van der Waals surface area contributed by atoms with Gasteiger partial charge in [0.25, 0.3) is 5.91 Å². The minimum atomic E-state index is -4.45. The third-order valence-corrected chi connectivity index (χ3v) is 3.79. The summed E-state index contributed by atoms with van der Waals surface area (Å²) in [5.74, 6) is -0.755. The van der Waals surface area contributed by atoms with Gasteiger partial charge in [0, 0.05) is 42.2 Å². The Balaban J connectivity index is 1.94. The van der Waals surface area contributed by atoms with E-state index in [1.54, 1.807) is 12.3 Å². The highest BCUT2D eigenvalue weighted by Gasteiger charge is 2.32. The SMILES string of the molecule is CN(CC(F)(F)F)C(=O)c1cc(-c2c(Cl)cnc3[nH]ccc23)c[nH]1. The number of nitrogens with one attached hydrogen (secondary N) is 2. The summed E-state index contributed by atoms with van der Waals surface area (Å²) in [5, 5.41) is 1.13. The second-order valence-electron chi connectivity index (χ2n) is 5.30. The van der Waals surface area contributed by atoms with Crippen LogP contribution in [0.25, 0.3) is 22.2 Å². The van der Waals surface area contributed by atoms with Crippen molar-refractivity contribution in [3.63, 3.8) is 0 Å². The van der Waals surface area contributed by atoms with E-state index in [4.69, 9.17) is 11.6 Å². The molecule has 3 heterocycles. The van der Waals surface area contributed by atoms with Crippen molar-refractivity contribution in [1.82, 2.24) is 19.9 Å². The number of nitrogens with zero attached hydrogens (tertiary/aromatic N) is 2. The first-order valence-electron chi connectivity index (χ1n) is 6.89. The van der Waals surface area contributed by atoms with Crippen LogP contribution in [-0.4, -0.2) is 45.5 Å². The molecule has 2 N–H and O–H groups in total. The zero-order valence-corrected chi connectivity index (χ0v) is 13.2. The highest BCUT2D eigenvalue weighted by molar-refractivity contribution is 6.34. The summed E-state index contributed by atoms with van der Waals surface area (Å²) < 4.78 is 37.2. The molecule has 24 heavy (non-hydrogen) atoms. The van der Waals surface area contributed by atoms with Gasteiger partial charge in [-0.05, 0) is 12.1 Å². The van der Waals surface area contributed by atoms with Crippen molar-refractivity contribution >= 4 is 28.5 Å². The third-order valence-electron chi connectivity index (χ3n) is 3.51. The van der Waals surface area contributed by atoms with Gasteiger partial charge in [-0.25, -0.2) is 4.98 Å². The zero-order chi connectivity index (χ0) is 17.5. The Bertz CT molecular complexity index is 900. The molecule has 126 valence electrons. The van der Waals surface area contributed by atoms with Crippen molar-refractivity contribution in [3.05, 3.63) is 41.4 Å². The second-order valence-corrected chi connectivity index (χ2v) is 5.71. The summed E-state index contributed by atoms with van der Waals surface area (Å²) in [6.45, 7) is -1.32. The third kappa shape index (κ3) is 3.09. The van der Waals surface area contributed by atoms with Gasteiger partial charge in [0.1, 0.15) is 17.9 Å². The highest BCUT2D eigenvalue weighted by atomic mass is 35.5. The number of carbonyl (C=O) groups excluding carboxylic acids is 1. The molecule has 0 aliphatic carbocycles. The predicted octanol–water partition coefficient (Wildman–Crippen LogP) is 3.85. The van der Waals surface area contributed by atoms with Crippen LogP contribution >= 0.6 is 11.6 Å². The number of hydrogen-bond donors (Lipinski definition) is 2. The molecule has 0 radical (unpaired) electrons. The molecular formula is C15H12ClF3N4O. The van der Waals surface area contributed by atoms with Gasteiger partial charge in [0.15, 0.2) is 0 Å². The van der Waals surface area contributed by atoms with E-state index >= 15 is 0 Å². The number of hydrogen-bond acceptors (Lipinski definition) is 2. The Morgan fingerprint density at radius 3 is 2.83 bits per heavy atom. The zero-order valence-electron chi connectivity index (χ0n) is 12.4. The number of amides is 1. The van der Waals surface area contributed by atoms with E-state index in [-0.39, 0.29) is 5.69 Å².